The van der Waals surface area contributed by atoms with Crippen molar-refractivity contribution >= 4 is 5.91 Å². The van der Waals surface area contributed by atoms with Crippen LogP contribution in [0.5, 0.6) is 0 Å². The van der Waals surface area contributed by atoms with Crippen molar-refractivity contribution in [2.75, 3.05) is 6.54 Å². The van der Waals surface area contributed by atoms with E-state index in [1.54, 1.807) is 18.6 Å². The highest BCUT2D eigenvalue weighted by Crippen LogP contribution is 2.33. The van der Waals surface area contributed by atoms with Crippen molar-refractivity contribution in [3.63, 3.8) is 0 Å². The lowest BCUT2D eigenvalue weighted by Crippen LogP contribution is -2.39. The van der Waals surface area contributed by atoms with Crippen LogP contribution < -0.4 is 0 Å². The Morgan fingerprint density at radius 1 is 0.967 bits per heavy atom. The van der Waals surface area contributed by atoms with Crippen LogP contribution in [0.3, 0.4) is 0 Å². The van der Waals surface area contributed by atoms with Crippen molar-refractivity contribution in [2.45, 2.75) is 19.0 Å². The number of benzene rings is 1. The second kappa shape index (κ2) is 7.87. The summed E-state index contributed by atoms with van der Waals surface area (Å²) in [6.07, 6.45) is 12.1. The molecule has 7 heteroatoms. The number of imidazole rings is 1. The average Bonchev–Trinajstić information content (AvgIpc) is 3.27. The number of carbonyl (C=O) groups is 1. The van der Waals surface area contributed by atoms with Gasteiger partial charge in [-0.1, -0.05) is 30.3 Å². The Morgan fingerprint density at radius 2 is 1.87 bits per heavy atom. The second-order valence-electron chi connectivity index (χ2n) is 7.30. The van der Waals surface area contributed by atoms with Gasteiger partial charge in [-0.3, -0.25) is 14.8 Å². The van der Waals surface area contributed by atoms with Crippen LogP contribution in [-0.4, -0.2) is 41.9 Å². The minimum atomic E-state index is -0.118. The van der Waals surface area contributed by atoms with Crippen LogP contribution >= 0.6 is 0 Å². The van der Waals surface area contributed by atoms with E-state index in [0.29, 0.717) is 25.3 Å². The zero-order chi connectivity index (χ0) is 20.3. The molecule has 7 nitrogen and oxygen atoms in total. The maximum Gasteiger partial charge on any atom is 0.274 e. The van der Waals surface area contributed by atoms with Gasteiger partial charge in [-0.15, -0.1) is 0 Å². The number of rotatable bonds is 4. The molecule has 148 valence electrons. The monoisotopic (exact) mass is 396 g/mol. The third-order valence-electron chi connectivity index (χ3n) is 5.40. The Hall–Kier alpha value is -3.87. The van der Waals surface area contributed by atoms with Gasteiger partial charge in [0.25, 0.3) is 5.91 Å². The number of pyridine rings is 1. The molecule has 5 rings (SSSR count). The summed E-state index contributed by atoms with van der Waals surface area (Å²) in [5, 5.41) is 0. The smallest absolute Gasteiger partial charge is 0.274 e. The zero-order valence-corrected chi connectivity index (χ0v) is 16.3. The molecule has 1 amide bonds. The summed E-state index contributed by atoms with van der Waals surface area (Å²) in [5.74, 6) is 0.790. The largest absolute Gasteiger partial charge is 0.332 e. The number of fused-ring (bicyclic) bond motifs is 1. The highest BCUT2D eigenvalue weighted by atomic mass is 16.2. The molecule has 0 aliphatic carbocycles. The van der Waals surface area contributed by atoms with Crippen molar-refractivity contribution in [1.82, 2.24) is 29.4 Å². The molecule has 0 saturated carbocycles. The first-order valence-corrected chi connectivity index (χ1v) is 9.82. The second-order valence-corrected chi connectivity index (χ2v) is 7.30. The zero-order valence-electron chi connectivity index (χ0n) is 16.3. The third kappa shape index (κ3) is 3.45. The van der Waals surface area contributed by atoms with E-state index in [4.69, 9.17) is 0 Å². The van der Waals surface area contributed by atoms with E-state index in [0.717, 1.165) is 17.0 Å². The van der Waals surface area contributed by atoms with E-state index < -0.39 is 0 Å². The summed E-state index contributed by atoms with van der Waals surface area (Å²) in [4.78, 5) is 32.0. The molecule has 3 aromatic heterocycles. The molecular formula is C23H20N6O. The summed E-state index contributed by atoms with van der Waals surface area (Å²) in [6, 6.07) is 12.2. The molecule has 1 aliphatic rings. The van der Waals surface area contributed by atoms with E-state index in [9.17, 15) is 4.79 Å². The van der Waals surface area contributed by atoms with Gasteiger partial charge >= 0.3 is 0 Å². The molecule has 0 radical (unpaired) electrons. The fraction of sp³-hybridized carbons (Fsp3) is 0.174. The van der Waals surface area contributed by atoms with Crippen molar-refractivity contribution in [3.05, 3.63) is 108 Å². The van der Waals surface area contributed by atoms with E-state index in [-0.39, 0.29) is 11.8 Å². The molecule has 0 saturated heterocycles. The van der Waals surface area contributed by atoms with Gasteiger partial charge in [0, 0.05) is 50.3 Å². The van der Waals surface area contributed by atoms with Crippen molar-refractivity contribution in [3.8, 4) is 0 Å². The fourth-order valence-electron chi connectivity index (χ4n) is 4.01. The number of aromatic nitrogens is 5. The topological polar surface area (TPSA) is 76.8 Å². The van der Waals surface area contributed by atoms with Crippen LogP contribution in [0.25, 0.3) is 0 Å². The fourth-order valence-corrected chi connectivity index (χ4v) is 4.01. The first-order valence-electron chi connectivity index (χ1n) is 9.82. The third-order valence-corrected chi connectivity index (χ3v) is 5.40. The molecule has 0 N–H and O–H groups in total. The molecule has 1 aliphatic heterocycles. The van der Waals surface area contributed by atoms with Gasteiger partial charge in [-0.25, -0.2) is 9.97 Å². The van der Waals surface area contributed by atoms with Crippen LogP contribution in [0.4, 0.5) is 0 Å². The lowest BCUT2D eigenvalue weighted by molar-refractivity contribution is 0.0716. The average molecular weight is 396 g/mol. The summed E-state index contributed by atoms with van der Waals surface area (Å²) >= 11 is 0. The molecule has 0 bridgehead atoms. The quantitative estimate of drug-likeness (QED) is 0.530. The molecule has 0 unspecified atom stereocenters. The highest BCUT2D eigenvalue weighted by Gasteiger charge is 2.32. The Balaban J connectivity index is 1.50. The van der Waals surface area contributed by atoms with Crippen molar-refractivity contribution in [1.29, 1.82) is 0 Å². The lowest BCUT2D eigenvalue weighted by atomic mass is 9.88. The maximum atomic E-state index is 13.1. The number of hydrogen-bond acceptors (Lipinski definition) is 5. The van der Waals surface area contributed by atoms with Gasteiger partial charge in [-0.05, 0) is 22.8 Å². The number of nitrogens with zero attached hydrogens (tertiary/aromatic N) is 6. The minimum Gasteiger partial charge on any atom is -0.332 e. The molecule has 4 heterocycles. The van der Waals surface area contributed by atoms with Crippen LogP contribution in [0.15, 0.2) is 79.8 Å². The van der Waals surface area contributed by atoms with Gasteiger partial charge in [0.05, 0.1) is 18.7 Å². The standard InChI is InChI=1S/C23H20N6O/c30-23(21-13-25-8-9-26-21)29-15-18-5-1-2-6-19(18)20(16-29)22-27-10-11-28(22)14-17-4-3-7-24-12-17/h1-13,20H,14-16H2/t20-/m0/s1. The molecule has 1 aromatic carbocycles. The molecule has 30 heavy (non-hydrogen) atoms. The van der Waals surface area contributed by atoms with E-state index in [2.05, 4.69) is 42.7 Å². The summed E-state index contributed by atoms with van der Waals surface area (Å²) in [6.45, 7) is 1.77. The SMILES string of the molecule is O=C(c1cnccn1)N1Cc2ccccc2[C@@H](c2nccn2Cc2cccnc2)C1. The number of hydrogen-bond donors (Lipinski definition) is 0. The molecule has 0 fully saturated rings. The van der Waals surface area contributed by atoms with Gasteiger partial charge < -0.3 is 9.47 Å². The van der Waals surface area contributed by atoms with Gasteiger partial charge in [0.15, 0.2) is 0 Å². The van der Waals surface area contributed by atoms with Gasteiger partial charge in [0.1, 0.15) is 11.5 Å². The van der Waals surface area contributed by atoms with Gasteiger partial charge in [0.2, 0.25) is 0 Å². The minimum absolute atomic E-state index is 0.0257. The molecule has 0 spiro atoms. The molecular weight excluding hydrogens is 376 g/mol. The first-order chi connectivity index (χ1) is 14.8. The first kappa shape index (κ1) is 18.2. The summed E-state index contributed by atoms with van der Waals surface area (Å²) in [7, 11) is 0. The predicted octanol–water partition coefficient (Wildman–Crippen LogP) is 2.90. The van der Waals surface area contributed by atoms with Crippen molar-refractivity contribution < 1.29 is 4.79 Å². The van der Waals surface area contributed by atoms with Crippen LogP contribution in [0, 0.1) is 0 Å². The predicted molar refractivity (Wildman–Crippen MR) is 111 cm³/mol. The van der Waals surface area contributed by atoms with Crippen molar-refractivity contribution in [2.24, 2.45) is 0 Å². The lowest BCUT2D eigenvalue weighted by Gasteiger charge is -2.34. The Labute approximate surface area is 174 Å². The Morgan fingerprint density at radius 3 is 2.70 bits per heavy atom. The Kier molecular flexibility index (Phi) is 4.77. The molecule has 1 atom stereocenters. The normalized spacial score (nSPS) is 15.6. The maximum absolute atomic E-state index is 13.1. The van der Waals surface area contributed by atoms with E-state index in [1.165, 1.54) is 11.8 Å². The summed E-state index contributed by atoms with van der Waals surface area (Å²) < 4.78 is 2.13. The summed E-state index contributed by atoms with van der Waals surface area (Å²) in [5.41, 5.74) is 3.80. The van der Waals surface area contributed by atoms with E-state index in [1.807, 2.05) is 41.7 Å². The van der Waals surface area contributed by atoms with Crippen LogP contribution in [0.2, 0.25) is 0 Å². The number of carbonyl (C=O) groups excluding carboxylic acids is 1. The number of amides is 1. The van der Waals surface area contributed by atoms with Crippen LogP contribution in [0.1, 0.15) is 38.9 Å². The van der Waals surface area contributed by atoms with Crippen LogP contribution in [-0.2, 0) is 13.1 Å². The Bertz CT molecular complexity index is 1160. The molecule has 4 aromatic rings. The van der Waals surface area contributed by atoms with E-state index >= 15 is 0 Å². The highest BCUT2D eigenvalue weighted by molar-refractivity contribution is 5.92. The van der Waals surface area contributed by atoms with Gasteiger partial charge in [-0.2, -0.15) is 0 Å².